The van der Waals surface area contributed by atoms with Gasteiger partial charge in [0.05, 0.1) is 0 Å². The van der Waals surface area contributed by atoms with Crippen molar-refractivity contribution in [3.63, 3.8) is 0 Å². The van der Waals surface area contributed by atoms with Crippen LogP contribution in [0.3, 0.4) is 0 Å². The molecule has 0 spiro atoms. The first-order valence-corrected chi connectivity index (χ1v) is 5.88. The Labute approximate surface area is 98.5 Å². The number of hydrogen-bond acceptors (Lipinski definition) is 2. The second-order valence-corrected chi connectivity index (χ2v) is 4.46. The second-order valence-electron chi connectivity index (χ2n) is 4.46. The highest BCUT2D eigenvalue weighted by Crippen LogP contribution is 2.27. The first kappa shape index (κ1) is 12.2. The van der Waals surface area contributed by atoms with Crippen molar-refractivity contribution >= 4 is 5.82 Å². The third kappa shape index (κ3) is 2.53. The first-order valence-electron chi connectivity index (χ1n) is 5.88. The van der Waals surface area contributed by atoms with Gasteiger partial charge in [-0.15, -0.1) is 0 Å². The third-order valence-electron chi connectivity index (χ3n) is 3.15. The van der Waals surface area contributed by atoms with E-state index in [1.54, 1.807) is 4.90 Å². The van der Waals surface area contributed by atoms with E-state index >= 15 is 0 Å². The van der Waals surface area contributed by atoms with Crippen LogP contribution in [0.5, 0.6) is 0 Å². The van der Waals surface area contributed by atoms with Gasteiger partial charge < -0.3 is 4.90 Å². The van der Waals surface area contributed by atoms with Crippen molar-refractivity contribution in [1.29, 1.82) is 0 Å². The SMILES string of the molecule is CCCC1CCN(c2nc(F)c(F)cc2F)C1. The van der Waals surface area contributed by atoms with E-state index in [1.165, 1.54) is 0 Å². The quantitative estimate of drug-likeness (QED) is 0.759. The Hall–Kier alpha value is -1.26. The number of nitrogens with zero attached hydrogens (tertiary/aromatic N) is 2. The van der Waals surface area contributed by atoms with Gasteiger partial charge in [-0.05, 0) is 18.8 Å². The van der Waals surface area contributed by atoms with Gasteiger partial charge in [-0.1, -0.05) is 13.3 Å². The van der Waals surface area contributed by atoms with Crippen LogP contribution in [-0.4, -0.2) is 18.1 Å². The molecule has 0 aliphatic carbocycles. The van der Waals surface area contributed by atoms with E-state index in [-0.39, 0.29) is 5.82 Å². The maximum Gasteiger partial charge on any atom is 0.251 e. The fourth-order valence-electron chi connectivity index (χ4n) is 2.33. The number of halogens is 3. The smallest absolute Gasteiger partial charge is 0.251 e. The van der Waals surface area contributed by atoms with Gasteiger partial charge in [-0.3, -0.25) is 0 Å². The van der Waals surface area contributed by atoms with Crippen molar-refractivity contribution in [3.8, 4) is 0 Å². The lowest BCUT2D eigenvalue weighted by Gasteiger charge is -2.18. The van der Waals surface area contributed by atoms with Crippen molar-refractivity contribution in [2.75, 3.05) is 18.0 Å². The Morgan fingerprint density at radius 1 is 1.35 bits per heavy atom. The van der Waals surface area contributed by atoms with Crippen molar-refractivity contribution in [3.05, 3.63) is 23.6 Å². The topological polar surface area (TPSA) is 16.1 Å². The standard InChI is InChI=1S/C12H15F3N2/c1-2-3-8-4-5-17(7-8)12-10(14)6-9(13)11(15)16-12/h6,8H,2-5,7H2,1H3. The molecule has 0 aromatic carbocycles. The molecule has 0 saturated carbocycles. The van der Waals surface area contributed by atoms with E-state index in [2.05, 4.69) is 11.9 Å². The molecule has 5 heteroatoms. The van der Waals surface area contributed by atoms with Crippen LogP contribution in [-0.2, 0) is 0 Å². The van der Waals surface area contributed by atoms with E-state index < -0.39 is 17.6 Å². The average Bonchev–Trinajstić information content (AvgIpc) is 2.72. The van der Waals surface area contributed by atoms with Crippen LogP contribution in [0.25, 0.3) is 0 Å². The van der Waals surface area contributed by atoms with Gasteiger partial charge in [0.25, 0.3) is 5.95 Å². The Morgan fingerprint density at radius 3 is 2.82 bits per heavy atom. The minimum Gasteiger partial charge on any atom is -0.354 e. The summed E-state index contributed by atoms with van der Waals surface area (Å²) >= 11 is 0. The van der Waals surface area contributed by atoms with Gasteiger partial charge in [0.2, 0.25) is 0 Å². The molecular formula is C12H15F3N2. The molecule has 17 heavy (non-hydrogen) atoms. The van der Waals surface area contributed by atoms with Gasteiger partial charge in [-0.25, -0.2) is 8.78 Å². The highest BCUT2D eigenvalue weighted by Gasteiger charge is 2.26. The predicted molar refractivity (Wildman–Crippen MR) is 59.3 cm³/mol. The summed E-state index contributed by atoms with van der Waals surface area (Å²) in [5, 5.41) is 0. The summed E-state index contributed by atoms with van der Waals surface area (Å²) in [5.41, 5.74) is 0. The molecule has 2 heterocycles. The molecule has 0 amide bonds. The zero-order valence-corrected chi connectivity index (χ0v) is 9.72. The largest absolute Gasteiger partial charge is 0.354 e. The number of rotatable bonds is 3. The van der Waals surface area contributed by atoms with Crippen LogP contribution >= 0.6 is 0 Å². The van der Waals surface area contributed by atoms with Gasteiger partial charge in [0, 0.05) is 19.2 Å². The van der Waals surface area contributed by atoms with Crippen molar-refractivity contribution in [2.24, 2.45) is 5.92 Å². The van der Waals surface area contributed by atoms with Crippen LogP contribution in [0.1, 0.15) is 26.2 Å². The fourth-order valence-corrected chi connectivity index (χ4v) is 2.33. The monoisotopic (exact) mass is 244 g/mol. The van der Waals surface area contributed by atoms with Crippen LogP contribution in [0.4, 0.5) is 19.0 Å². The summed E-state index contributed by atoms with van der Waals surface area (Å²) in [6, 6.07) is 0.560. The number of aromatic nitrogens is 1. The zero-order chi connectivity index (χ0) is 12.4. The van der Waals surface area contributed by atoms with E-state index in [0.29, 0.717) is 25.1 Å². The Morgan fingerprint density at radius 2 is 2.12 bits per heavy atom. The summed E-state index contributed by atoms with van der Waals surface area (Å²) in [6.07, 6.45) is 3.10. The lowest BCUT2D eigenvalue weighted by Crippen LogP contribution is -2.22. The molecule has 1 aromatic heterocycles. The second kappa shape index (κ2) is 4.94. The highest BCUT2D eigenvalue weighted by molar-refractivity contribution is 5.41. The fraction of sp³-hybridized carbons (Fsp3) is 0.583. The summed E-state index contributed by atoms with van der Waals surface area (Å²) in [4.78, 5) is 5.05. The molecule has 94 valence electrons. The van der Waals surface area contributed by atoms with Gasteiger partial charge in [0.15, 0.2) is 17.5 Å². The predicted octanol–water partition coefficient (Wildman–Crippen LogP) is 3.13. The van der Waals surface area contributed by atoms with E-state index in [0.717, 1.165) is 19.3 Å². The molecule has 1 aromatic rings. The van der Waals surface area contributed by atoms with E-state index in [1.807, 2.05) is 0 Å². The zero-order valence-electron chi connectivity index (χ0n) is 9.72. The third-order valence-corrected chi connectivity index (χ3v) is 3.15. The van der Waals surface area contributed by atoms with Crippen molar-refractivity contribution in [2.45, 2.75) is 26.2 Å². The number of anilines is 1. The molecule has 1 aliphatic heterocycles. The van der Waals surface area contributed by atoms with Crippen LogP contribution in [0.2, 0.25) is 0 Å². The molecule has 0 radical (unpaired) electrons. The van der Waals surface area contributed by atoms with E-state index in [4.69, 9.17) is 0 Å². The summed E-state index contributed by atoms with van der Waals surface area (Å²) in [7, 11) is 0. The lowest BCUT2D eigenvalue weighted by molar-refractivity contribution is 0.463. The van der Waals surface area contributed by atoms with Crippen LogP contribution in [0, 0.1) is 23.5 Å². The molecule has 1 aliphatic rings. The Kier molecular flexibility index (Phi) is 3.54. The molecule has 2 rings (SSSR count). The van der Waals surface area contributed by atoms with Gasteiger partial charge >= 0.3 is 0 Å². The molecule has 1 unspecified atom stereocenters. The van der Waals surface area contributed by atoms with Gasteiger partial charge in [-0.2, -0.15) is 9.37 Å². The maximum atomic E-state index is 13.5. The van der Waals surface area contributed by atoms with E-state index in [9.17, 15) is 13.2 Å². The normalized spacial score (nSPS) is 20.0. The number of pyridine rings is 1. The maximum absolute atomic E-state index is 13.5. The molecule has 1 atom stereocenters. The summed E-state index contributed by atoms with van der Waals surface area (Å²) in [5.74, 6) is -2.84. The molecule has 2 nitrogen and oxygen atoms in total. The Balaban J connectivity index is 2.16. The number of hydrogen-bond donors (Lipinski definition) is 0. The minimum absolute atomic E-state index is 0.0671. The van der Waals surface area contributed by atoms with Crippen molar-refractivity contribution in [1.82, 2.24) is 4.98 Å². The highest BCUT2D eigenvalue weighted by atomic mass is 19.2. The van der Waals surface area contributed by atoms with Crippen molar-refractivity contribution < 1.29 is 13.2 Å². The summed E-state index contributed by atoms with van der Waals surface area (Å²) < 4.78 is 39.2. The Bertz CT molecular complexity index is 409. The molecule has 0 bridgehead atoms. The van der Waals surface area contributed by atoms with Crippen LogP contribution < -0.4 is 4.90 Å². The van der Waals surface area contributed by atoms with Crippen LogP contribution in [0.15, 0.2) is 6.07 Å². The molecule has 1 fully saturated rings. The molecule has 1 saturated heterocycles. The minimum atomic E-state index is -1.24. The average molecular weight is 244 g/mol. The lowest BCUT2D eigenvalue weighted by atomic mass is 10.0. The summed E-state index contributed by atoms with van der Waals surface area (Å²) in [6.45, 7) is 3.42. The molecule has 0 N–H and O–H groups in total. The van der Waals surface area contributed by atoms with Gasteiger partial charge in [0.1, 0.15) is 0 Å². The first-order chi connectivity index (χ1) is 8.11. The molecular weight excluding hydrogens is 229 g/mol.